The fourth-order valence-corrected chi connectivity index (χ4v) is 1.32. The van der Waals surface area contributed by atoms with Crippen molar-refractivity contribution in [2.45, 2.75) is 39.4 Å². The molecule has 1 aliphatic rings. The van der Waals surface area contributed by atoms with Gasteiger partial charge in [-0.25, -0.2) is 0 Å². The maximum absolute atomic E-state index is 5.43. The monoisotopic (exact) mass is 223 g/mol. The van der Waals surface area contributed by atoms with Crippen molar-refractivity contribution in [2.75, 3.05) is 6.54 Å². The number of para-hydroxylation sites is 2. The summed E-state index contributed by atoms with van der Waals surface area (Å²) in [6.45, 7) is 5.01. The van der Waals surface area contributed by atoms with Crippen LogP contribution in [0.5, 0.6) is 11.5 Å². The summed E-state index contributed by atoms with van der Waals surface area (Å²) in [5, 5.41) is 0. The zero-order valence-corrected chi connectivity index (χ0v) is 10.1. The third kappa shape index (κ3) is 3.74. The second kappa shape index (κ2) is 7.12. The molecule has 0 fully saturated rings. The summed E-state index contributed by atoms with van der Waals surface area (Å²) >= 11 is 0. The Morgan fingerprint density at radius 2 is 1.69 bits per heavy atom. The first-order valence-corrected chi connectivity index (χ1v) is 5.94. The first kappa shape index (κ1) is 12.8. The number of unbranched alkanes of at least 4 members (excludes halogenated alkanes) is 1. The van der Waals surface area contributed by atoms with E-state index < -0.39 is 0 Å². The zero-order valence-electron chi connectivity index (χ0n) is 10.1. The predicted octanol–water partition coefficient (Wildman–Crippen LogP) is 2.94. The van der Waals surface area contributed by atoms with Gasteiger partial charge in [0, 0.05) is 6.42 Å². The van der Waals surface area contributed by atoms with Gasteiger partial charge in [0.15, 0.2) is 11.5 Å². The third-order valence-electron chi connectivity index (χ3n) is 2.26. The summed E-state index contributed by atoms with van der Waals surface area (Å²) in [4.78, 5) is 0. The fourth-order valence-electron chi connectivity index (χ4n) is 1.32. The number of rotatable bonds is 3. The first-order valence-electron chi connectivity index (χ1n) is 5.94. The summed E-state index contributed by atoms with van der Waals surface area (Å²) in [5.41, 5.74) is 5.14. The van der Waals surface area contributed by atoms with Crippen molar-refractivity contribution in [3.63, 3.8) is 0 Å². The number of ether oxygens (including phenoxy) is 2. The van der Waals surface area contributed by atoms with E-state index in [-0.39, 0.29) is 6.29 Å². The first-order chi connectivity index (χ1) is 7.81. The van der Waals surface area contributed by atoms with Gasteiger partial charge in [-0.1, -0.05) is 32.4 Å². The molecule has 0 bridgehead atoms. The quantitative estimate of drug-likeness (QED) is 0.856. The van der Waals surface area contributed by atoms with Crippen molar-refractivity contribution >= 4 is 0 Å². The van der Waals surface area contributed by atoms with Gasteiger partial charge in [-0.2, -0.15) is 0 Å². The van der Waals surface area contributed by atoms with Crippen LogP contribution in [0.2, 0.25) is 0 Å². The largest absolute Gasteiger partial charge is 0.451 e. The molecule has 1 heterocycles. The molecule has 0 aliphatic carbocycles. The average molecular weight is 223 g/mol. The minimum Gasteiger partial charge on any atom is -0.451 e. The Balaban J connectivity index is 0.000000221. The predicted molar refractivity (Wildman–Crippen MR) is 65.7 cm³/mol. The van der Waals surface area contributed by atoms with Gasteiger partial charge < -0.3 is 15.2 Å². The topological polar surface area (TPSA) is 44.5 Å². The van der Waals surface area contributed by atoms with Crippen LogP contribution in [0.25, 0.3) is 0 Å². The summed E-state index contributed by atoms with van der Waals surface area (Å²) in [7, 11) is 0. The number of hydrogen-bond acceptors (Lipinski definition) is 3. The van der Waals surface area contributed by atoms with Gasteiger partial charge in [0.25, 0.3) is 0 Å². The maximum Gasteiger partial charge on any atom is 0.241 e. The molecule has 0 aromatic heterocycles. The van der Waals surface area contributed by atoms with Crippen LogP contribution in [0.3, 0.4) is 0 Å². The van der Waals surface area contributed by atoms with Crippen molar-refractivity contribution in [2.24, 2.45) is 5.73 Å². The van der Waals surface area contributed by atoms with E-state index in [0.29, 0.717) is 0 Å². The van der Waals surface area contributed by atoms with Crippen LogP contribution in [0.4, 0.5) is 0 Å². The molecule has 0 saturated carbocycles. The standard InChI is InChI=1S/C9H10O2.C4H11N/c1-2-9-10-7-5-3-4-6-8(7)11-9;1-2-3-4-5/h3-6,9H,2H2,1H3;2-5H2,1H3. The number of nitrogens with two attached hydrogens (primary N) is 1. The molecule has 2 N–H and O–H groups in total. The molecule has 0 radical (unpaired) electrons. The normalized spacial score (nSPS) is 13.2. The van der Waals surface area contributed by atoms with Crippen molar-refractivity contribution in [3.05, 3.63) is 24.3 Å². The van der Waals surface area contributed by atoms with Crippen molar-refractivity contribution < 1.29 is 9.47 Å². The number of hydrogen-bond donors (Lipinski definition) is 1. The molecule has 0 amide bonds. The van der Waals surface area contributed by atoms with E-state index in [1.165, 1.54) is 12.8 Å². The molecule has 1 aromatic rings. The minimum absolute atomic E-state index is 0.0765. The summed E-state index contributed by atoms with van der Waals surface area (Å²) < 4.78 is 10.9. The number of benzene rings is 1. The van der Waals surface area contributed by atoms with Gasteiger partial charge in [0.05, 0.1) is 0 Å². The van der Waals surface area contributed by atoms with E-state index in [2.05, 4.69) is 6.92 Å². The van der Waals surface area contributed by atoms with Crippen molar-refractivity contribution in [3.8, 4) is 11.5 Å². The van der Waals surface area contributed by atoms with Crippen LogP contribution in [0.15, 0.2) is 24.3 Å². The SMILES string of the molecule is CCC1Oc2ccccc2O1.CCCCN. The summed E-state index contributed by atoms with van der Waals surface area (Å²) in [5.74, 6) is 1.72. The molecule has 16 heavy (non-hydrogen) atoms. The van der Waals surface area contributed by atoms with E-state index in [9.17, 15) is 0 Å². The lowest BCUT2D eigenvalue weighted by atomic mass is 10.3. The third-order valence-corrected chi connectivity index (χ3v) is 2.26. The molecule has 3 nitrogen and oxygen atoms in total. The molecular weight excluding hydrogens is 202 g/mol. The summed E-state index contributed by atoms with van der Waals surface area (Å²) in [6, 6.07) is 7.73. The molecule has 0 atom stereocenters. The molecule has 1 aliphatic heterocycles. The Hall–Kier alpha value is -1.22. The minimum atomic E-state index is -0.0765. The van der Waals surface area contributed by atoms with Crippen LogP contribution in [0, 0.1) is 0 Å². The molecule has 3 heteroatoms. The Morgan fingerprint density at radius 1 is 1.12 bits per heavy atom. The van der Waals surface area contributed by atoms with Gasteiger partial charge in [-0.3, -0.25) is 0 Å². The molecule has 1 aromatic carbocycles. The smallest absolute Gasteiger partial charge is 0.241 e. The second-order valence-electron chi connectivity index (χ2n) is 3.66. The lowest BCUT2D eigenvalue weighted by Crippen LogP contribution is -2.15. The Morgan fingerprint density at radius 3 is 2.00 bits per heavy atom. The number of fused-ring (bicyclic) bond motifs is 1. The highest BCUT2D eigenvalue weighted by Gasteiger charge is 2.20. The van der Waals surface area contributed by atoms with E-state index in [1.54, 1.807) is 0 Å². The molecule has 0 unspecified atom stereocenters. The zero-order chi connectivity index (χ0) is 11.8. The van der Waals surface area contributed by atoms with Crippen LogP contribution in [-0.2, 0) is 0 Å². The van der Waals surface area contributed by atoms with E-state index in [0.717, 1.165) is 24.5 Å². The molecule has 0 saturated heterocycles. The van der Waals surface area contributed by atoms with Gasteiger partial charge >= 0.3 is 0 Å². The molecule has 90 valence electrons. The van der Waals surface area contributed by atoms with E-state index >= 15 is 0 Å². The van der Waals surface area contributed by atoms with Gasteiger partial charge in [-0.15, -0.1) is 0 Å². The molecular formula is C13H21NO2. The lowest BCUT2D eigenvalue weighted by molar-refractivity contribution is 0.0464. The Bertz CT molecular complexity index is 275. The summed E-state index contributed by atoms with van der Waals surface area (Å²) in [6.07, 6.45) is 3.19. The highest BCUT2D eigenvalue weighted by molar-refractivity contribution is 5.41. The van der Waals surface area contributed by atoms with Gasteiger partial charge in [0.2, 0.25) is 6.29 Å². The van der Waals surface area contributed by atoms with Crippen molar-refractivity contribution in [1.29, 1.82) is 0 Å². The van der Waals surface area contributed by atoms with Crippen molar-refractivity contribution in [1.82, 2.24) is 0 Å². The Kier molecular flexibility index (Phi) is 5.72. The highest BCUT2D eigenvalue weighted by Crippen LogP contribution is 2.34. The van der Waals surface area contributed by atoms with E-state index in [1.807, 2.05) is 31.2 Å². The lowest BCUT2D eigenvalue weighted by Gasteiger charge is -2.04. The average Bonchev–Trinajstić information content (AvgIpc) is 2.73. The van der Waals surface area contributed by atoms with Crippen LogP contribution in [0.1, 0.15) is 33.1 Å². The Labute approximate surface area is 97.6 Å². The van der Waals surface area contributed by atoms with Gasteiger partial charge in [-0.05, 0) is 25.1 Å². The molecule has 0 spiro atoms. The van der Waals surface area contributed by atoms with Gasteiger partial charge in [0.1, 0.15) is 0 Å². The van der Waals surface area contributed by atoms with Crippen LogP contribution >= 0.6 is 0 Å². The fraction of sp³-hybridized carbons (Fsp3) is 0.538. The highest BCUT2D eigenvalue weighted by atomic mass is 16.7. The second-order valence-corrected chi connectivity index (χ2v) is 3.66. The van der Waals surface area contributed by atoms with Crippen LogP contribution < -0.4 is 15.2 Å². The molecule has 2 rings (SSSR count). The maximum atomic E-state index is 5.43. The van der Waals surface area contributed by atoms with Crippen LogP contribution in [-0.4, -0.2) is 12.8 Å². The van der Waals surface area contributed by atoms with E-state index in [4.69, 9.17) is 15.2 Å².